The molecule has 3 nitrogen and oxygen atoms in total. The number of non-ortho nitro benzene ring substituents is 1. The van der Waals surface area contributed by atoms with Gasteiger partial charge in [-0.1, -0.05) is 18.2 Å². The van der Waals surface area contributed by atoms with Gasteiger partial charge in [0.25, 0.3) is 5.69 Å². The summed E-state index contributed by atoms with van der Waals surface area (Å²) < 4.78 is 65.8. The molecule has 0 spiro atoms. The Kier molecular flexibility index (Phi) is 4.20. The van der Waals surface area contributed by atoms with Gasteiger partial charge < -0.3 is 0 Å². The molecule has 0 aliphatic rings. The van der Waals surface area contributed by atoms with Crippen molar-refractivity contribution < 1.29 is 26.9 Å². The van der Waals surface area contributed by atoms with E-state index in [-0.39, 0.29) is 11.3 Å². The molecule has 0 saturated heterocycles. The van der Waals surface area contributed by atoms with Crippen LogP contribution in [0.4, 0.5) is 27.6 Å². The minimum Gasteiger partial charge on any atom is -0.258 e. The first-order valence-corrected chi connectivity index (χ1v) is 5.77. The van der Waals surface area contributed by atoms with E-state index < -0.39 is 39.6 Å². The number of nitrogens with zero attached hydrogens (tertiary/aromatic N) is 1. The zero-order valence-corrected chi connectivity index (χ0v) is 10.6. The number of nitro benzene ring substituents is 1. The molecule has 0 unspecified atom stereocenters. The third-order valence-corrected chi connectivity index (χ3v) is 2.77. The van der Waals surface area contributed by atoms with Crippen LogP contribution in [-0.2, 0) is 0 Å². The normalized spacial score (nSPS) is 11.1. The lowest BCUT2D eigenvalue weighted by molar-refractivity contribution is -0.384. The van der Waals surface area contributed by atoms with E-state index in [1.54, 1.807) is 0 Å². The van der Waals surface area contributed by atoms with Gasteiger partial charge in [-0.25, -0.2) is 22.0 Å². The summed E-state index contributed by atoms with van der Waals surface area (Å²) in [4.78, 5) is 9.90. The number of hydrogen-bond acceptors (Lipinski definition) is 2. The second kappa shape index (κ2) is 5.92. The Morgan fingerprint density at radius 1 is 0.864 bits per heavy atom. The van der Waals surface area contributed by atoms with Crippen LogP contribution in [0.15, 0.2) is 24.3 Å². The Bertz CT molecular complexity index is 760. The molecule has 8 heteroatoms. The summed E-state index contributed by atoms with van der Waals surface area (Å²) in [7, 11) is 0. The minimum absolute atomic E-state index is 0.165. The predicted octanol–water partition coefficient (Wildman–Crippen LogP) is 4.46. The molecule has 0 aliphatic heterocycles. The molecule has 0 saturated carbocycles. The average molecular weight is 315 g/mol. The van der Waals surface area contributed by atoms with Gasteiger partial charge in [-0.05, 0) is 11.6 Å². The molecule has 0 fully saturated rings. The van der Waals surface area contributed by atoms with Crippen LogP contribution in [-0.4, -0.2) is 4.92 Å². The second-order valence-electron chi connectivity index (χ2n) is 4.17. The molecule has 114 valence electrons. The zero-order chi connectivity index (χ0) is 16.4. The van der Waals surface area contributed by atoms with E-state index in [2.05, 4.69) is 0 Å². The van der Waals surface area contributed by atoms with Crippen molar-refractivity contribution in [3.63, 3.8) is 0 Å². The quantitative estimate of drug-likeness (QED) is 0.210. The first-order valence-electron chi connectivity index (χ1n) is 5.77. The summed E-state index contributed by atoms with van der Waals surface area (Å²) in [6, 6.07) is 4.96. The van der Waals surface area contributed by atoms with Crippen LogP contribution in [0.25, 0.3) is 12.2 Å². The first kappa shape index (κ1) is 15.6. The Morgan fingerprint density at radius 2 is 1.41 bits per heavy atom. The minimum atomic E-state index is -2.25. The Labute approximate surface area is 120 Å². The Hall–Kier alpha value is -2.77. The van der Waals surface area contributed by atoms with Crippen LogP contribution in [0, 0.1) is 39.2 Å². The number of rotatable bonds is 3. The lowest BCUT2D eigenvalue weighted by Gasteiger charge is -2.04. The van der Waals surface area contributed by atoms with Crippen LogP contribution >= 0.6 is 0 Å². The van der Waals surface area contributed by atoms with E-state index in [1.807, 2.05) is 0 Å². The van der Waals surface area contributed by atoms with Gasteiger partial charge in [0.15, 0.2) is 23.3 Å². The van der Waals surface area contributed by atoms with Gasteiger partial charge in [0.05, 0.1) is 10.5 Å². The zero-order valence-electron chi connectivity index (χ0n) is 10.6. The van der Waals surface area contributed by atoms with Crippen LogP contribution < -0.4 is 0 Å². The van der Waals surface area contributed by atoms with E-state index in [9.17, 15) is 32.1 Å². The van der Waals surface area contributed by atoms with Crippen LogP contribution in [0.3, 0.4) is 0 Å². The van der Waals surface area contributed by atoms with Gasteiger partial charge >= 0.3 is 0 Å². The Morgan fingerprint density at radius 3 is 1.95 bits per heavy atom. The fourth-order valence-corrected chi connectivity index (χ4v) is 1.69. The van der Waals surface area contributed by atoms with Crippen molar-refractivity contribution in [2.24, 2.45) is 0 Å². The first-order chi connectivity index (χ1) is 10.3. The molecule has 0 amide bonds. The van der Waals surface area contributed by atoms with Crippen molar-refractivity contribution in [3.8, 4) is 0 Å². The molecule has 0 bridgehead atoms. The maximum Gasteiger partial charge on any atom is 0.270 e. The molecule has 0 atom stereocenters. The molecular formula is C14H6F5NO2. The maximum atomic E-state index is 13.4. The molecule has 0 aliphatic carbocycles. The summed E-state index contributed by atoms with van der Waals surface area (Å²) in [5.74, 6) is -10.3. The second-order valence-corrected chi connectivity index (χ2v) is 4.17. The molecular weight excluding hydrogens is 309 g/mol. The molecule has 22 heavy (non-hydrogen) atoms. The highest BCUT2D eigenvalue weighted by molar-refractivity contribution is 5.71. The van der Waals surface area contributed by atoms with Gasteiger partial charge in [-0.2, -0.15) is 0 Å². The molecule has 0 aromatic heterocycles. The molecule has 0 radical (unpaired) electrons. The number of halogens is 5. The molecule has 2 aromatic carbocycles. The van der Waals surface area contributed by atoms with Gasteiger partial charge in [-0.3, -0.25) is 10.1 Å². The van der Waals surface area contributed by atoms with Crippen LogP contribution in [0.5, 0.6) is 0 Å². The highest BCUT2D eigenvalue weighted by Gasteiger charge is 2.24. The van der Waals surface area contributed by atoms with Crippen molar-refractivity contribution in [2.45, 2.75) is 0 Å². The lowest BCUT2D eigenvalue weighted by atomic mass is 10.1. The maximum absolute atomic E-state index is 13.4. The van der Waals surface area contributed by atoms with Crippen molar-refractivity contribution in [2.75, 3.05) is 0 Å². The lowest BCUT2D eigenvalue weighted by Crippen LogP contribution is -2.03. The molecule has 2 aromatic rings. The van der Waals surface area contributed by atoms with Gasteiger partial charge in [0.2, 0.25) is 5.82 Å². The molecule has 0 heterocycles. The van der Waals surface area contributed by atoms with E-state index in [0.29, 0.717) is 6.08 Å². The van der Waals surface area contributed by atoms with Gasteiger partial charge in [0.1, 0.15) is 0 Å². The fraction of sp³-hybridized carbons (Fsp3) is 0. The smallest absolute Gasteiger partial charge is 0.258 e. The molecule has 0 N–H and O–H groups in total. The topological polar surface area (TPSA) is 43.1 Å². The monoisotopic (exact) mass is 315 g/mol. The van der Waals surface area contributed by atoms with E-state index >= 15 is 0 Å². The number of nitro groups is 1. The number of hydrogen-bond donors (Lipinski definition) is 0. The summed E-state index contributed by atoms with van der Waals surface area (Å²) in [6.45, 7) is 0. The van der Waals surface area contributed by atoms with E-state index in [0.717, 1.165) is 12.1 Å². The Balaban J connectivity index is 2.47. The highest BCUT2D eigenvalue weighted by Crippen LogP contribution is 2.25. The molecule has 2 rings (SSSR count). The van der Waals surface area contributed by atoms with Crippen molar-refractivity contribution in [1.82, 2.24) is 0 Å². The fourth-order valence-electron chi connectivity index (χ4n) is 1.69. The SMILES string of the molecule is O=[N+]([O-])c1cccc(/C=C/c2c(F)c(F)c(F)c(F)c2F)c1. The van der Waals surface area contributed by atoms with Crippen molar-refractivity contribution in [3.05, 3.63) is 74.6 Å². The van der Waals surface area contributed by atoms with Gasteiger partial charge in [-0.15, -0.1) is 0 Å². The third kappa shape index (κ3) is 2.80. The standard InChI is InChI=1S/C14H6F5NO2/c15-10-9(11(16)13(18)14(19)12(10)17)5-4-7-2-1-3-8(6-7)20(21)22/h1-6H/b5-4+. The summed E-state index contributed by atoms with van der Waals surface area (Å²) in [5, 5.41) is 10.6. The van der Waals surface area contributed by atoms with E-state index in [1.165, 1.54) is 18.2 Å². The average Bonchev–Trinajstić information content (AvgIpc) is 2.51. The van der Waals surface area contributed by atoms with Crippen molar-refractivity contribution in [1.29, 1.82) is 0 Å². The summed E-state index contributed by atoms with van der Waals surface area (Å²) in [6.07, 6.45) is 1.67. The largest absolute Gasteiger partial charge is 0.270 e. The number of benzene rings is 2. The van der Waals surface area contributed by atoms with Crippen LogP contribution in [0.2, 0.25) is 0 Å². The predicted molar refractivity (Wildman–Crippen MR) is 68.3 cm³/mol. The third-order valence-electron chi connectivity index (χ3n) is 2.77. The van der Waals surface area contributed by atoms with Crippen molar-refractivity contribution >= 4 is 17.8 Å². The van der Waals surface area contributed by atoms with Crippen LogP contribution in [0.1, 0.15) is 11.1 Å². The summed E-state index contributed by atoms with van der Waals surface area (Å²) >= 11 is 0. The highest BCUT2D eigenvalue weighted by atomic mass is 19.2. The van der Waals surface area contributed by atoms with E-state index in [4.69, 9.17) is 0 Å². The van der Waals surface area contributed by atoms with Gasteiger partial charge in [0, 0.05) is 12.1 Å². The summed E-state index contributed by atoms with van der Waals surface area (Å²) in [5.41, 5.74) is -1.24.